The van der Waals surface area contributed by atoms with Gasteiger partial charge < -0.3 is 36.4 Å². The van der Waals surface area contributed by atoms with Gasteiger partial charge in [-0.25, -0.2) is 18.6 Å². The van der Waals surface area contributed by atoms with E-state index in [0.717, 1.165) is 67.0 Å². The predicted octanol–water partition coefficient (Wildman–Crippen LogP) is 6.29. The molecule has 1 aromatic heterocycles. The van der Waals surface area contributed by atoms with Crippen molar-refractivity contribution in [2.45, 2.75) is 45.6 Å². The van der Waals surface area contributed by atoms with Crippen molar-refractivity contribution in [1.82, 2.24) is 30.4 Å². The van der Waals surface area contributed by atoms with E-state index in [4.69, 9.17) is 15.2 Å². The fraction of sp³-hybridized carbons (Fsp3) is 0.304. The second-order valence-corrected chi connectivity index (χ2v) is 15.0. The number of rotatable bonds is 20. The molecule has 0 spiro atoms. The maximum Gasteiger partial charge on any atom is 0.845 e. The molecule has 7 N–H and O–H groups in total. The van der Waals surface area contributed by atoms with Crippen LogP contribution in [0.25, 0.3) is 11.1 Å². The van der Waals surface area contributed by atoms with Crippen LogP contribution in [0.3, 0.4) is 0 Å². The second kappa shape index (κ2) is 23.0. The molecule has 13 nitrogen and oxygen atoms in total. The number of aromatic nitrogens is 2. The number of nitrogens with zero attached hydrogens (tertiary/aromatic N) is 4. The highest BCUT2D eigenvalue weighted by Gasteiger charge is 2.27. The van der Waals surface area contributed by atoms with E-state index in [2.05, 4.69) is 35.7 Å². The van der Waals surface area contributed by atoms with Crippen LogP contribution in [-0.2, 0) is 9.59 Å². The third-order valence-corrected chi connectivity index (χ3v) is 10.4. The van der Waals surface area contributed by atoms with Gasteiger partial charge >= 0.3 is 7.40 Å². The number of quaternary nitrogens is 1. The van der Waals surface area contributed by atoms with Crippen LogP contribution < -0.4 is 36.4 Å². The van der Waals surface area contributed by atoms with Crippen LogP contribution in [0.4, 0.5) is 20.1 Å². The quantitative estimate of drug-likeness (QED) is 0.0388. The van der Waals surface area contributed by atoms with E-state index < -0.39 is 7.40 Å². The molecule has 6 rings (SSSR count). The van der Waals surface area contributed by atoms with Crippen LogP contribution in [0.1, 0.15) is 39.5 Å². The molecular formula is C46H55BF2N9O4+. The Kier molecular flexibility index (Phi) is 16.8. The Morgan fingerprint density at radius 2 is 1.71 bits per heavy atom. The molecule has 0 aliphatic carbocycles. The van der Waals surface area contributed by atoms with E-state index in [0.29, 0.717) is 60.8 Å². The second-order valence-electron chi connectivity index (χ2n) is 15.0. The smallest absolute Gasteiger partial charge is 0.457 e. The van der Waals surface area contributed by atoms with Crippen molar-refractivity contribution in [2.75, 3.05) is 56.9 Å². The summed E-state index contributed by atoms with van der Waals surface area (Å²) in [6.07, 6.45) is 13.0. The molecule has 2 amide bonds. The van der Waals surface area contributed by atoms with Crippen molar-refractivity contribution >= 4 is 30.7 Å². The van der Waals surface area contributed by atoms with E-state index in [9.17, 15) is 18.2 Å². The zero-order chi connectivity index (χ0) is 43.7. The lowest BCUT2D eigenvalue weighted by Crippen LogP contribution is -2.88. The fourth-order valence-corrected chi connectivity index (χ4v) is 7.18. The van der Waals surface area contributed by atoms with Gasteiger partial charge in [-0.1, -0.05) is 61.5 Å². The molecule has 2 aliphatic heterocycles. The molecule has 4 aromatic rings. The van der Waals surface area contributed by atoms with Gasteiger partial charge in [0.1, 0.15) is 35.1 Å². The molecule has 3 heterocycles. The molecule has 0 radical (unpaired) electrons. The van der Waals surface area contributed by atoms with Gasteiger partial charge in [-0.2, -0.15) is 0 Å². The molecule has 1 saturated heterocycles. The monoisotopic (exact) mass is 846 g/mol. The number of anilines is 2. The number of ether oxygens (including phenoxy) is 2. The van der Waals surface area contributed by atoms with Crippen molar-refractivity contribution < 1.29 is 32.9 Å². The molecule has 62 heavy (non-hydrogen) atoms. The molecule has 3 aromatic carbocycles. The van der Waals surface area contributed by atoms with Crippen LogP contribution in [0.2, 0.25) is 0 Å². The number of allylic oxidation sites excluding steroid dienone is 3. The normalized spacial score (nSPS) is 16.1. The zero-order valence-corrected chi connectivity index (χ0v) is 35.2. The number of halogens is 2. The Morgan fingerprint density at radius 3 is 2.47 bits per heavy atom. The number of amides is 2. The minimum Gasteiger partial charge on any atom is -0.457 e. The van der Waals surface area contributed by atoms with E-state index >= 15 is 0 Å². The van der Waals surface area contributed by atoms with Crippen molar-refractivity contribution in [3.8, 4) is 34.3 Å². The Morgan fingerprint density at radius 1 is 0.968 bits per heavy atom. The number of piperazine rings is 1. The molecule has 324 valence electrons. The number of nitrogens with two attached hydrogens (primary N) is 2. The highest BCUT2D eigenvalue weighted by atomic mass is 19.2. The van der Waals surface area contributed by atoms with Gasteiger partial charge in [0, 0.05) is 81.3 Å². The summed E-state index contributed by atoms with van der Waals surface area (Å²) in [5.41, 5.74) is 10.5. The zero-order valence-electron chi connectivity index (χ0n) is 35.2. The average molecular weight is 847 g/mol. The maximum atomic E-state index is 13.1. The fourth-order valence-electron chi connectivity index (χ4n) is 7.18. The summed E-state index contributed by atoms with van der Waals surface area (Å²) in [6, 6.07) is 23.9. The Balaban J connectivity index is 0.876. The summed E-state index contributed by atoms with van der Waals surface area (Å²) in [5, 5.41) is 10.3. The molecular weight excluding hydrogens is 791 g/mol. The topological polar surface area (TPSA) is 164 Å². The van der Waals surface area contributed by atoms with E-state index in [1.54, 1.807) is 24.3 Å². The maximum absolute atomic E-state index is 13.1. The lowest BCUT2D eigenvalue weighted by atomic mass is 10.1. The van der Waals surface area contributed by atoms with Gasteiger partial charge in [-0.3, -0.25) is 19.4 Å². The van der Waals surface area contributed by atoms with E-state index in [-0.39, 0.29) is 29.6 Å². The van der Waals surface area contributed by atoms with Gasteiger partial charge in [0.15, 0.2) is 0 Å². The number of nitrogen functional groups attached to an aromatic ring is 1. The van der Waals surface area contributed by atoms with Crippen molar-refractivity contribution in [1.29, 1.82) is 0 Å². The van der Waals surface area contributed by atoms with E-state index in [1.165, 1.54) is 12.4 Å². The van der Waals surface area contributed by atoms with E-state index in [1.807, 2.05) is 92.7 Å². The first-order chi connectivity index (χ1) is 30.1. The molecule has 1 fully saturated rings. The van der Waals surface area contributed by atoms with Crippen molar-refractivity contribution in [3.05, 3.63) is 133 Å². The largest absolute Gasteiger partial charge is 0.845 e. The van der Waals surface area contributed by atoms with Crippen LogP contribution in [0.15, 0.2) is 133 Å². The first-order valence-electron chi connectivity index (χ1n) is 21.0. The summed E-state index contributed by atoms with van der Waals surface area (Å²) in [7, 11) is -2.52. The summed E-state index contributed by atoms with van der Waals surface area (Å²) >= 11 is 0. The molecule has 0 bridgehead atoms. The number of hydrogen-bond donors (Lipinski definition) is 5. The van der Waals surface area contributed by atoms with Gasteiger partial charge in [0.2, 0.25) is 17.7 Å². The van der Waals surface area contributed by atoms with Crippen molar-refractivity contribution in [3.63, 3.8) is 0 Å². The Labute approximate surface area is 362 Å². The molecule has 2 aliphatic rings. The number of benzene rings is 3. The van der Waals surface area contributed by atoms with Gasteiger partial charge in [-0.05, 0) is 74.2 Å². The third-order valence-electron chi connectivity index (χ3n) is 10.4. The lowest BCUT2D eigenvalue weighted by molar-refractivity contribution is -0.480. The summed E-state index contributed by atoms with van der Waals surface area (Å²) in [4.78, 5) is 38.5. The minimum absolute atomic E-state index is 0.0145. The van der Waals surface area contributed by atoms with Crippen LogP contribution in [0.5, 0.6) is 23.1 Å². The van der Waals surface area contributed by atoms with Crippen molar-refractivity contribution in [2.24, 2.45) is 0 Å². The summed E-state index contributed by atoms with van der Waals surface area (Å²) in [6.45, 7) is 9.21. The first kappa shape index (κ1) is 45.2. The van der Waals surface area contributed by atoms with Crippen LogP contribution in [0, 0.1) is 0 Å². The number of carbonyl (C=O) groups excluding carboxylic acids is 2. The number of hydrogen-bond acceptors (Lipinski definition) is 10. The highest BCUT2D eigenvalue weighted by molar-refractivity contribution is 6.31. The molecule has 1 unspecified atom stereocenters. The minimum atomic E-state index is -2.52. The number of carbonyl (C=O) groups is 2. The lowest BCUT2D eigenvalue weighted by Gasteiger charge is -2.34. The number of nitrogens with one attached hydrogen (secondary N) is 3. The number of para-hydroxylation sites is 1. The van der Waals surface area contributed by atoms with Crippen LogP contribution >= 0.6 is 0 Å². The van der Waals surface area contributed by atoms with Crippen LogP contribution in [-0.4, -0.2) is 90.8 Å². The Bertz CT molecular complexity index is 2230. The predicted molar refractivity (Wildman–Crippen MR) is 239 cm³/mol. The Hall–Kier alpha value is -6.36. The third kappa shape index (κ3) is 14.1. The molecule has 1 atom stereocenters. The summed E-state index contributed by atoms with van der Waals surface area (Å²) < 4.78 is 38.3. The molecule has 0 saturated carbocycles. The van der Waals surface area contributed by atoms with Gasteiger partial charge in [-0.15, -0.1) is 0 Å². The summed E-state index contributed by atoms with van der Waals surface area (Å²) in [5.74, 6) is 2.12. The SMILES string of the molecule is CC/C=C(C)\C(=C\C1CC=C(CCC(=O)NCCN2CCN(C/C=C/C(=O)Nc3cccc(Oc4ncnc(N)c4-c4ccc(Oc5ccccc5)cc4)c3)CC2)N1)[NH2+]B(F)F. The average Bonchev–Trinajstić information content (AvgIpc) is 3.71. The van der Waals surface area contributed by atoms with Gasteiger partial charge in [0.05, 0.1) is 11.6 Å². The highest BCUT2D eigenvalue weighted by Crippen LogP contribution is 2.36. The first-order valence-corrected chi connectivity index (χ1v) is 21.0. The standard InChI is InChI=1S/C46H54BF2N9O4/c1-3-9-33(2)41(56-47(48)49)31-37-18-17-35(54-37)19-22-42(59)51-23-25-58-28-26-57(27-29-58)24-8-14-43(60)55-36-10-7-13-40(30-36)62-46-44(45(50)52-32-53-46)34-15-20-39(21-16-34)61-38-11-5-4-6-12-38/h4-17,20-21,30-32,37,54,56H,3,18-19,22-29H2,1-2H3,(H,51,59)(H,55,60)(H2,50,52,53)/p+1/b14-8+,33-9-,41-31-. The molecule has 16 heteroatoms. The van der Waals surface area contributed by atoms with Gasteiger partial charge in [0.25, 0.3) is 0 Å².